The van der Waals surface area contributed by atoms with Crippen molar-refractivity contribution in [2.75, 3.05) is 39.3 Å². The first-order chi connectivity index (χ1) is 12.7. The van der Waals surface area contributed by atoms with E-state index in [1.54, 1.807) is 0 Å². The van der Waals surface area contributed by atoms with Crippen LogP contribution in [-0.4, -0.2) is 65.0 Å². The molecule has 4 rings (SSSR count). The predicted octanol–water partition coefficient (Wildman–Crippen LogP) is 2.65. The van der Waals surface area contributed by atoms with Crippen molar-refractivity contribution in [3.05, 3.63) is 53.3 Å². The molecule has 2 saturated heterocycles. The molecule has 0 aliphatic carbocycles. The summed E-state index contributed by atoms with van der Waals surface area (Å²) in [6.45, 7) is 11.5. The molecule has 2 fully saturated rings. The summed E-state index contributed by atoms with van der Waals surface area (Å²) in [5, 5.41) is 4.64. The van der Waals surface area contributed by atoms with Crippen molar-refractivity contribution in [3.63, 3.8) is 0 Å². The molecule has 0 radical (unpaired) electrons. The third-order valence-electron chi connectivity index (χ3n) is 5.47. The lowest BCUT2D eigenvalue weighted by molar-refractivity contribution is -0.00616. The van der Waals surface area contributed by atoms with Gasteiger partial charge in [0.2, 0.25) is 0 Å². The monoisotopic (exact) mass is 354 g/mol. The quantitative estimate of drug-likeness (QED) is 0.827. The SMILES string of the molecule is Cc1cc(C)n(C2CN(C[C@H]3CN(Cc4ccccc4)CCCO3)C2)n1. The van der Waals surface area contributed by atoms with Gasteiger partial charge in [0.1, 0.15) is 0 Å². The lowest BCUT2D eigenvalue weighted by Crippen LogP contribution is -2.52. The van der Waals surface area contributed by atoms with E-state index in [-0.39, 0.29) is 0 Å². The number of likely N-dealkylation sites (tertiary alicyclic amines) is 1. The summed E-state index contributed by atoms with van der Waals surface area (Å²) >= 11 is 0. The maximum atomic E-state index is 6.14. The molecule has 0 spiro atoms. The highest BCUT2D eigenvalue weighted by atomic mass is 16.5. The van der Waals surface area contributed by atoms with Crippen LogP contribution in [-0.2, 0) is 11.3 Å². The van der Waals surface area contributed by atoms with Gasteiger partial charge in [-0.2, -0.15) is 5.10 Å². The fourth-order valence-corrected chi connectivity index (χ4v) is 4.22. The number of nitrogens with zero attached hydrogens (tertiary/aromatic N) is 4. The molecule has 5 heteroatoms. The van der Waals surface area contributed by atoms with Crippen molar-refractivity contribution in [2.45, 2.75) is 39.0 Å². The van der Waals surface area contributed by atoms with Gasteiger partial charge in [-0.1, -0.05) is 30.3 Å². The summed E-state index contributed by atoms with van der Waals surface area (Å²) in [7, 11) is 0. The van der Waals surface area contributed by atoms with E-state index in [4.69, 9.17) is 4.74 Å². The van der Waals surface area contributed by atoms with Crippen molar-refractivity contribution >= 4 is 0 Å². The first-order valence-electron chi connectivity index (χ1n) is 9.80. The molecule has 0 N–H and O–H groups in total. The summed E-state index contributed by atoms with van der Waals surface area (Å²) in [6, 6.07) is 13.5. The van der Waals surface area contributed by atoms with Gasteiger partial charge in [0.25, 0.3) is 0 Å². The zero-order valence-corrected chi connectivity index (χ0v) is 16.0. The minimum absolute atomic E-state index is 0.308. The van der Waals surface area contributed by atoms with Gasteiger partial charge in [-0.15, -0.1) is 0 Å². The second-order valence-electron chi connectivity index (χ2n) is 7.81. The molecule has 2 aliphatic heterocycles. The standard InChI is InChI=1S/C21H30N4O/c1-17-11-18(2)25(22-17)20-13-24(14-20)16-21-15-23(9-6-10-26-21)12-19-7-4-3-5-8-19/h3-5,7-8,11,20-21H,6,9-10,12-16H2,1-2H3/t21-/m1/s1. The van der Waals surface area contributed by atoms with Gasteiger partial charge in [0, 0.05) is 51.6 Å². The van der Waals surface area contributed by atoms with Gasteiger partial charge in [-0.3, -0.25) is 14.5 Å². The molecular weight excluding hydrogens is 324 g/mol. The maximum Gasteiger partial charge on any atom is 0.0828 e. The Kier molecular flexibility index (Phi) is 5.38. The molecule has 0 unspecified atom stereocenters. The summed E-state index contributed by atoms with van der Waals surface area (Å²) < 4.78 is 8.34. The summed E-state index contributed by atoms with van der Waals surface area (Å²) in [4.78, 5) is 5.06. The summed E-state index contributed by atoms with van der Waals surface area (Å²) in [5.74, 6) is 0. The molecule has 5 nitrogen and oxygen atoms in total. The van der Waals surface area contributed by atoms with Crippen LogP contribution in [0.4, 0.5) is 0 Å². The molecule has 1 aromatic carbocycles. The molecule has 1 atom stereocenters. The van der Waals surface area contributed by atoms with E-state index in [2.05, 4.69) is 69.8 Å². The number of aryl methyl sites for hydroxylation is 2. The number of ether oxygens (including phenoxy) is 1. The summed E-state index contributed by atoms with van der Waals surface area (Å²) in [6.07, 6.45) is 1.43. The Hall–Kier alpha value is -1.69. The molecule has 3 heterocycles. The molecule has 2 aromatic rings. The third-order valence-corrected chi connectivity index (χ3v) is 5.47. The predicted molar refractivity (Wildman–Crippen MR) is 103 cm³/mol. The zero-order chi connectivity index (χ0) is 17.9. The Labute approximate surface area is 156 Å². The van der Waals surface area contributed by atoms with Gasteiger partial charge in [0.05, 0.1) is 17.8 Å². The van der Waals surface area contributed by atoms with Crippen LogP contribution in [0.25, 0.3) is 0 Å². The molecule has 0 bridgehead atoms. The Morgan fingerprint density at radius 1 is 1.08 bits per heavy atom. The van der Waals surface area contributed by atoms with Crippen LogP contribution in [0.3, 0.4) is 0 Å². The highest BCUT2D eigenvalue weighted by Crippen LogP contribution is 2.24. The zero-order valence-electron chi connectivity index (χ0n) is 16.0. The number of hydrogen-bond acceptors (Lipinski definition) is 4. The molecule has 0 saturated carbocycles. The Morgan fingerprint density at radius 2 is 1.88 bits per heavy atom. The van der Waals surface area contributed by atoms with E-state index in [9.17, 15) is 0 Å². The molecule has 1 aromatic heterocycles. The normalized spacial score (nSPS) is 22.9. The minimum Gasteiger partial charge on any atom is -0.376 e. The van der Waals surface area contributed by atoms with Gasteiger partial charge in [0.15, 0.2) is 0 Å². The molecule has 2 aliphatic rings. The lowest BCUT2D eigenvalue weighted by atomic mass is 10.1. The van der Waals surface area contributed by atoms with E-state index in [0.717, 1.165) is 58.0 Å². The third kappa shape index (κ3) is 4.17. The van der Waals surface area contributed by atoms with E-state index in [1.807, 2.05) is 0 Å². The van der Waals surface area contributed by atoms with Crippen LogP contribution in [0.2, 0.25) is 0 Å². The molecule has 26 heavy (non-hydrogen) atoms. The molecule has 0 amide bonds. The van der Waals surface area contributed by atoms with Crippen LogP contribution in [0.1, 0.15) is 29.4 Å². The van der Waals surface area contributed by atoms with Gasteiger partial charge in [-0.05, 0) is 31.9 Å². The first-order valence-corrected chi connectivity index (χ1v) is 9.80. The van der Waals surface area contributed by atoms with Gasteiger partial charge < -0.3 is 4.74 Å². The second-order valence-corrected chi connectivity index (χ2v) is 7.81. The minimum atomic E-state index is 0.308. The van der Waals surface area contributed by atoms with Gasteiger partial charge >= 0.3 is 0 Å². The van der Waals surface area contributed by atoms with E-state index < -0.39 is 0 Å². The average molecular weight is 354 g/mol. The molecule has 140 valence electrons. The fourth-order valence-electron chi connectivity index (χ4n) is 4.22. The Morgan fingerprint density at radius 3 is 2.62 bits per heavy atom. The Balaban J connectivity index is 1.28. The van der Waals surface area contributed by atoms with Crippen molar-refractivity contribution in [1.82, 2.24) is 19.6 Å². The highest BCUT2D eigenvalue weighted by molar-refractivity contribution is 5.14. The summed E-state index contributed by atoms with van der Waals surface area (Å²) in [5.41, 5.74) is 3.78. The first kappa shape index (κ1) is 17.7. The van der Waals surface area contributed by atoms with Crippen molar-refractivity contribution in [3.8, 4) is 0 Å². The lowest BCUT2D eigenvalue weighted by Gasteiger charge is -2.41. The molecular formula is C21H30N4O. The van der Waals surface area contributed by atoms with E-state index >= 15 is 0 Å². The smallest absolute Gasteiger partial charge is 0.0828 e. The maximum absolute atomic E-state index is 6.14. The van der Waals surface area contributed by atoms with Crippen LogP contribution in [0.15, 0.2) is 36.4 Å². The fraction of sp³-hybridized carbons (Fsp3) is 0.571. The number of benzene rings is 1. The number of hydrogen-bond donors (Lipinski definition) is 0. The van der Waals surface area contributed by atoms with Crippen LogP contribution in [0.5, 0.6) is 0 Å². The number of rotatable bonds is 5. The van der Waals surface area contributed by atoms with Crippen molar-refractivity contribution in [1.29, 1.82) is 0 Å². The second kappa shape index (κ2) is 7.91. The van der Waals surface area contributed by atoms with E-state index in [0.29, 0.717) is 12.1 Å². The van der Waals surface area contributed by atoms with E-state index in [1.165, 1.54) is 11.3 Å². The van der Waals surface area contributed by atoms with Crippen LogP contribution >= 0.6 is 0 Å². The van der Waals surface area contributed by atoms with Crippen LogP contribution in [0, 0.1) is 13.8 Å². The topological polar surface area (TPSA) is 33.5 Å². The number of aromatic nitrogens is 2. The Bertz CT molecular complexity index is 708. The van der Waals surface area contributed by atoms with Gasteiger partial charge in [-0.25, -0.2) is 0 Å². The highest BCUT2D eigenvalue weighted by Gasteiger charge is 2.32. The largest absolute Gasteiger partial charge is 0.376 e. The van der Waals surface area contributed by atoms with Crippen molar-refractivity contribution < 1.29 is 4.74 Å². The average Bonchev–Trinajstić information content (AvgIpc) is 2.79. The van der Waals surface area contributed by atoms with Crippen LogP contribution < -0.4 is 0 Å². The van der Waals surface area contributed by atoms with Crippen molar-refractivity contribution in [2.24, 2.45) is 0 Å².